The minimum atomic E-state index is -0.275. The molecule has 3 aliphatic rings. The Labute approximate surface area is 109 Å². The number of hydrogen-bond donors (Lipinski definition) is 1. The average molecular weight is 256 g/mol. The molecule has 0 aliphatic carbocycles. The number of fused-ring (bicyclic) bond motifs is 2. The van der Waals surface area contributed by atoms with Gasteiger partial charge in [0, 0.05) is 19.6 Å². The highest BCUT2D eigenvalue weighted by Crippen LogP contribution is 2.31. The number of aliphatic hydroxyl groups excluding tert-OH is 1. The van der Waals surface area contributed by atoms with Crippen molar-refractivity contribution < 1.29 is 19.3 Å². The van der Waals surface area contributed by atoms with Crippen molar-refractivity contribution in [3.05, 3.63) is 0 Å². The van der Waals surface area contributed by atoms with E-state index in [1.807, 2.05) is 0 Å². The maximum Gasteiger partial charge on any atom is 0.0861 e. The van der Waals surface area contributed by atoms with E-state index in [1.165, 1.54) is 0 Å². The highest BCUT2D eigenvalue weighted by atomic mass is 16.6. The van der Waals surface area contributed by atoms with Crippen LogP contribution in [0, 0.1) is 0 Å². The summed E-state index contributed by atoms with van der Waals surface area (Å²) in [7, 11) is 0. The molecule has 0 bridgehead atoms. The molecule has 0 aromatic rings. The summed E-state index contributed by atoms with van der Waals surface area (Å²) < 4.78 is 17.9. The standard InChI is InChI=1S/C14H24O4/c15-10-5-6-11-12(3-1-7-16-11)18-13-4-2-8-17-14(13)9-10/h10-15H,1-9H2/t10-,11+,12-,13+,14-/m0/s1. The van der Waals surface area contributed by atoms with Crippen molar-refractivity contribution in [1.82, 2.24) is 0 Å². The SMILES string of the molecule is O[C@H]1CC[C@H]2OCCC[C@@H]2O[C@@H]2CCCO[C@H]2C1. The summed E-state index contributed by atoms with van der Waals surface area (Å²) in [5, 5.41) is 10.1. The molecule has 3 fully saturated rings. The Hall–Kier alpha value is -0.160. The van der Waals surface area contributed by atoms with Crippen LogP contribution in [-0.4, -0.2) is 48.8 Å². The van der Waals surface area contributed by atoms with Crippen molar-refractivity contribution >= 4 is 0 Å². The maximum absolute atomic E-state index is 10.1. The zero-order chi connectivity index (χ0) is 12.4. The predicted molar refractivity (Wildman–Crippen MR) is 66.5 cm³/mol. The average Bonchev–Trinajstić information content (AvgIpc) is 2.46. The van der Waals surface area contributed by atoms with E-state index in [1.54, 1.807) is 0 Å². The molecule has 4 nitrogen and oxygen atoms in total. The van der Waals surface area contributed by atoms with Crippen LogP contribution in [0.2, 0.25) is 0 Å². The maximum atomic E-state index is 10.1. The van der Waals surface area contributed by atoms with Gasteiger partial charge in [0.25, 0.3) is 0 Å². The molecule has 3 heterocycles. The van der Waals surface area contributed by atoms with Gasteiger partial charge in [-0.3, -0.25) is 0 Å². The van der Waals surface area contributed by atoms with Crippen molar-refractivity contribution in [3.63, 3.8) is 0 Å². The zero-order valence-corrected chi connectivity index (χ0v) is 10.9. The zero-order valence-electron chi connectivity index (χ0n) is 10.9. The summed E-state index contributed by atoms with van der Waals surface area (Å²) in [6.45, 7) is 1.65. The molecule has 1 N–H and O–H groups in total. The molecule has 4 heteroatoms. The lowest BCUT2D eigenvalue weighted by atomic mass is 9.98. The van der Waals surface area contributed by atoms with Crippen molar-refractivity contribution in [2.75, 3.05) is 13.2 Å². The lowest BCUT2D eigenvalue weighted by molar-refractivity contribution is -0.176. The second-order valence-electron chi connectivity index (χ2n) is 5.78. The Morgan fingerprint density at radius 2 is 1.39 bits per heavy atom. The number of aliphatic hydroxyl groups is 1. The third-order valence-corrected chi connectivity index (χ3v) is 4.40. The number of ether oxygens (including phenoxy) is 3. The van der Waals surface area contributed by atoms with Crippen LogP contribution < -0.4 is 0 Å². The second-order valence-corrected chi connectivity index (χ2v) is 5.78. The molecular weight excluding hydrogens is 232 g/mol. The van der Waals surface area contributed by atoms with Crippen molar-refractivity contribution in [3.8, 4) is 0 Å². The Kier molecular flexibility index (Phi) is 4.19. The van der Waals surface area contributed by atoms with Gasteiger partial charge in [-0.2, -0.15) is 0 Å². The lowest BCUT2D eigenvalue weighted by Crippen LogP contribution is -2.43. The Morgan fingerprint density at radius 3 is 2.17 bits per heavy atom. The fourth-order valence-electron chi connectivity index (χ4n) is 3.39. The predicted octanol–water partition coefficient (Wildman–Crippen LogP) is 1.64. The first kappa shape index (κ1) is 12.9. The van der Waals surface area contributed by atoms with E-state index in [9.17, 15) is 5.11 Å². The molecule has 0 saturated carbocycles. The van der Waals surface area contributed by atoms with Crippen LogP contribution in [0.5, 0.6) is 0 Å². The Morgan fingerprint density at radius 1 is 0.722 bits per heavy atom. The van der Waals surface area contributed by atoms with Crippen LogP contribution in [0.15, 0.2) is 0 Å². The van der Waals surface area contributed by atoms with E-state index in [2.05, 4.69) is 0 Å². The van der Waals surface area contributed by atoms with Crippen LogP contribution in [-0.2, 0) is 14.2 Å². The minimum absolute atomic E-state index is 0.0782. The van der Waals surface area contributed by atoms with E-state index in [0.717, 1.165) is 51.7 Å². The topological polar surface area (TPSA) is 47.9 Å². The molecule has 0 spiro atoms. The molecule has 0 aromatic heterocycles. The minimum Gasteiger partial charge on any atom is -0.393 e. The largest absolute Gasteiger partial charge is 0.393 e. The molecule has 3 aliphatic heterocycles. The molecular formula is C14H24O4. The molecule has 104 valence electrons. The van der Waals surface area contributed by atoms with E-state index in [4.69, 9.17) is 14.2 Å². The molecule has 5 atom stereocenters. The van der Waals surface area contributed by atoms with Crippen molar-refractivity contribution in [1.29, 1.82) is 0 Å². The fourth-order valence-corrected chi connectivity index (χ4v) is 3.39. The monoisotopic (exact) mass is 256 g/mol. The van der Waals surface area contributed by atoms with Gasteiger partial charge >= 0.3 is 0 Å². The highest BCUT2D eigenvalue weighted by Gasteiger charge is 2.36. The van der Waals surface area contributed by atoms with E-state index in [0.29, 0.717) is 6.42 Å². The van der Waals surface area contributed by atoms with Gasteiger partial charge in [-0.25, -0.2) is 0 Å². The third kappa shape index (κ3) is 2.87. The van der Waals surface area contributed by atoms with Crippen LogP contribution in [0.4, 0.5) is 0 Å². The van der Waals surface area contributed by atoms with E-state index >= 15 is 0 Å². The van der Waals surface area contributed by atoms with Crippen LogP contribution in [0.25, 0.3) is 0 Å². The molecule has 0 radical (unpaired) electrons. The van der Waals surface area contributed by atoms with Crippen LogP contribution in [0.1, 0.15) is 44.9 Å². The summed E-state index contributed by atoms with van der Waals surface area (Å²) >= 11 is 0. The Balaban J connectivity index is 1.72. The Bertz CT molecular complexity index is 271. The summed E-state index contributed by atoms with van der Waals surface area (Å²) in [6.07, 6.45) is 7.06. The molecule has 0 aromatic carbocycles. The molecule has 3 rings (SSSR count). The normalized spacial score (nSPS) is 46.2. The third-order valence-electron chi connectivity index (χ3n) is 4.40. The second kappa shape index (κ2) is 5.87. The summed E-state index contributed by atoms with van der Waals surface area (Å²) in [5.74, 6) is 0. The lowest BCUT2D eigenvalue weighted by Gasteiger charge is -2.37. The highest BCUT2D eigenvalue weighted by molar-refractivity contribution is 4.85. The van der Waals surface area contributed by atoms with Gasteiger partial charge in [0.15, 0.2) is 0 Å². The molecule has 3 saturated heterocycles. The van der Waals surface area contributed by atoms with Gasteiger partial charge in [0.2, 0.25) is 0 Å². The van der Waals surface area contributed by atoms with Gasteiger partial charge in [-0.1, -0.05) is 0 Å². The first-order valence-corrected chi connectivity index (χ1v) is 7.39. The fraction of sp³-hybridized carbons (Fsp3) is 1.00. The summed E-state index contributed by atoms with van der Waals surface area (Å²) in [4.78, 5) is 0. The van der Waals surface area contributed by atoms with Gasteiger partial charge in [0.1, 0.15) is 0 Å². The van der Waals surface area contributed by atoms with Gasteiger partial charge in [0.05, 0.1) is 30.5 Å². The van der Waals surface area contributed by atoms with E-state index < -0.39 is 0 Å². The number of hydrogen-bond acceptors (Lipinski definition) is 4. The first-order valence-electron chi connectivity index (χ1n) is 7.39. The van der Waals surface area contributed by atoms with Gasteiger partial charge in [-0.15, -0.1) is 0 Å². The molecule has 0 amide bonds. The van der Waals surface area contributed by atoms with Crippen molar-refractivity contribution in [2.24, 2.45) is 0 Å². The smallest absolute Gasteiger partial charge is 0.0861 e. The van der Waals surface area contributed by atoms with Crippen LogP contribution in [0.3, 0.4) is 0 Å². The first-order chi connectivity index (χ1) is 8.83. The van der Waals surface area contributed by atoms with Gasteiger partial charge < -0.3 is 19.3 Å². The molecule has 18 heavy (non-hydrogen) atoms. The molecule has 0 unspecified atom stereocenters. The summed E-state index contributed by atoms with van der Waals surface area (Å²) in [5.41, 5.74) is 0. The summed E-state index contributed by atoms with van der Waals surface area (Å²) in [6, 6.07) is 0. The number of rotatable bonds is 0. The van der Waals surface area contributed by atoms with Crippen LogP contribution >= 0.6 is 0 Å². The van der Waals surface area contributed by atoms with Crippen molar-refractivity contribution in [2.45, 2.75) is 75.5 Å². The van der Waals surface area contributed by atoms with Gasteiger partial charge in [-0.05, 0) is 38.5 Å². The quantitative estimate of drug-likeness (QED) is 0.716. The van der Waals surface area contributed by atoms with E-state index in [-0.39, 0.29) is 30.5 Å².